The Bertz CT molecular complexity index is 1730. The molecule has 47 heavy (non-hydrogen) atoms. The van der Waals surface area contributed by atoms with Gasteiger partial charge >= 0.3 is 0 Å². The molecule has 0 saturated heterocycles. The fraction of sp³-hybridized carbons (Fsp3) is 0.278. The van der Waals surface area contributed by atoms with Crippen LogP contribution in [-0.2, 0) is 32.6 Å². The number of halogens is 2. The van der Waals surface area contributed by atoms with Crippen LogP contribution in [0.3, 0.4) is 0 Å². The summed E-state index contributed by atoms with van der Waals surface area (Å²) in [6.45, 7) is 5.75. The summed E-state index contributed by atoms with van der Waals surface area (Å²) in [5.74, 6) is -0.430. The molecule has 0 fully saturated rings. The highest BCUT2D eigenvalue weighted by Crippen LogP contribution is 2.30. The first-order valence-electron chi connectivity index (χ1n) is 15.4. The van der Waals surface area contributed by atoms with Crippen molar-refractivity contribution in [3.8, 4) is 5.75 Å². The standard InChI is InChI=1S/C36H39Cl2N3O5S/c1-4-22-39-36(43)34(23-27-10-7-6-8-11-27)40(24-31-32(37)12-9-13-33(31)38)35(42)25-41(28-16-18-29(19-17-28)46-5-2)47(44,45)30-20-14-26(3)15-21-30/h6-21,34H,4-5,22-25H2,1-3H3,(H,39,43)/t34-/m0/s1. The van der Waals surface area contributed by atoms with Crippen molar-refractivity contribution in [3.63, 3.8) is 0 Å². The molecule has 2 amide bonds. The van der Waals surface area contributed by atoms with Crippen molar-refractivity contribution in [3.05, 3.63) is 124 Å². The van der Waals surface area contributed by atoms with E-state index in [1.807, 2.05) is 51.1 Å². The molecule has 4 aromatic carbocycles. The van der Waals surface area contributed by atoms with Gasteiger partial charge in [0, 0.05) is 35.1 Å². The van der Waals surface area contributed by atoms with Crippen molar-refractivity contribution in [2.24, 2.45) is 0 Å². The first-order valence-corrected chi connectivity index (χ1v) is 17.6. The number of carbonyl (C=O) groups is 2. The Morgan fingerprint density at radius 3 is 2.09 bits per heavy atom. The maximum atomic E-state index is 14.6. The molecule has 0 radical (unpaired) electrons. The van der Waals surface area contributed by atoms with Gasteiger partial charge in [0.05, 0.1) is 17.2 Å². The Kier molecular flexibility index (Phi) is 12.7. The smallest absolute Gasteiger partial charge is 0.264 e. The third kappa shape index (κ3) is 9.28. The third-order valence-corrected chi connectivity index (χ3v) is 10.0. The molecule has 8 nitrogen and oxygen atoms in total. The molecule has 248 valence electrons. The fourth-order valence-electron chi connectivity index (χ4n) is 5.02. The van der Waals surface area contributed by atoms with Crippen LogP contribution in [0.25, 0.3) is 0 Å². The number of sulfonamides is 1. The predicted molar refractivity (Wildman–Crippen MR) is 188 cm³/mol. The Morgan fingerprint density at radius 2 is 1.49 bits per heavy atom. The summed E-state index contributed by atoms with van der Waals surface area (Å²) in [4.78, 5) is 29.8. The molecule has 0 saturated carbocycles. The lowest BCUT2D eigenvalue weighted by Crippen LogP contribution is -2.53. The zero-order valence-corrected chi connectivity index (χ0v) is 29.0. The molecule has 0 heterocycles. The number of benzene rings is 4. The van der Waals surface area contributed by atoms with Crippen molar-refractivity contribution in [2.75, 3.05) is 24.0 Å². The zero-order chi connectivity index (χ0) is 34.0. The van der Waals surface area contributed by atoms with Gasteiger partial charge < -0.3 is 15.0 Å². The summed E-state index contributed by atoms with van der Waals surface area (Å²) in [7, 11) is -4.24. The Hall–Kier alpha value is -4.05. The molecule has 0 aliphatic heterocycles. The Balaban J connectivity index is 1.83. The number of ether oxygens (including phenoxy) is 1. The maximum Gasteiger partial charge on any atom is 0.264 e. The first kappa shape index (κ1) is 35.8. The molecule has 0 unspecified atom stereocenters. The molecule has 11 heteroatoms. The fourth-order valence-corrected chi connectivity index (χ4v) is 6.95. The van der Waals surface area contributed by atoms with Gasteiger partial charge in [-0.2, -0.15) is 0 Å². The van der Waals surface area contributed by atoms with Crippen LogP contribution in [0.4, 0.5) is 5.69 Å². The van der Waals surface area contributed by atoms with Crippen LogP contribution in [0.1, 0.15) is 37.0 Å². The maximum absolute atomic E-state index is 14.6. The summed E-state index contributed by atoms with van der Waals surface area (Å²) in [5, 5.41) is 3.56. The summed E-state index contributed by atoms with van der Waals surface area (Å²) >= 11 is 13.1. The van der Waals surface area contributed by atoms with E-state index >= 15 is 0 Å². The average molecular weight is 697 g/mol. The Labute approximate surface area is 287 Å². The van der Waals surface area contributed by atoms with Gasteiger partial charge in [0.1, 0.15) is 18.3 Å². The Morgan fingerprint density at radius 1 is 0.851 bits per heavy atom. The number of hydrogen-bond acceptors (Lipinski definition) is 5. The van der Waals surface area contributed by atoms with E-state index in [1.165, 1.54) is 17.0 Å². The monoisotopic (exact) mass is 695 g/mol. The van der Waals surface area contributed by atoms with Crippen LogP contribution < -0.4 is 14.4 Å². The molecule has 1 N–H and O–H groups in total. The first-order chi connectivity index (χ1) is 22.5. The van der Waals surface area contributed by atoms with Gasteiger partial charge in [-0.05, 0) is 74.4 Å². The number of carbonyl (C=O) groups excluding carboxylic acids is 2. The molecule has 1 atom stereocenters. The van der Waals surface area contributed by atoms with Crippen LogP contribution >= 0.6 is 23.2 Å². The molecular formula is C36H39Cl2N3O5S. The number of rotatable bonds is 15. The van der Waals surface area contributed by atoms with Crippen LogP contribution in [0.15, 0.2) is 102 Å². The topological polar surface area (TPSA) is 96.0 Å². The molecular weight excluding hydrogens is 657 g/mol. The van der Waals surface area contributed by atoms with E-state index in [9.17, 15) is 18.0 Å². The zero-order valence-electron chi connectivity index (χ0n) is 26.7. The summed E-state index contributed by atoms with van der Waals surface area (Å²) in [6.07, 6.45) is 0.867. The second-order valence-corrected chi connectivity index (χ2v) is 13.6. The number of nitrogens with zero attached hydrogens (tertiary/aromatic N) is 2. The van der Waals surface area contributed by atoms with Crippen LogP contribution in [0.2, 0.25) is 10.0 Å². The predicted octanol–water partition coefficient (Wildman–Crippen LogP) is 7.06. The number of hydrogen-bond donors (Lipinski definition) is 1. The highest BCUT2D eigenvalue weighted by atomic mass is 35.5. The minimum atomic E-state index is -4.24. The van der Waals surface area contributed by atoms with Crippen LogP contribution in [0, 0.1) is 6.92 Å². The average Bonchev–Trinajstić information content (AvgIpc) is 3.06. The number of nitrogens with one attached hydrogen (secondary N) is 1. The molecule has 0 aromatic heterocycles. The van der Waals surface area contributed by atoms with Crippen molar-refractivity contribution in [2.45, 2.75) is 51.1 Å². The molecule has 0 bridgehead atoms. The van der Waals surface area contributed by atoms with Gasteiger partial charge in [0.25, 0.3) is 10.0 Å². The van der Waals surface area contributed by atoms with E-state index in [2.05, 4.69) is 5.32 Å². The molecule has 0 spiro atoms. The number of amides is 2. The minimum Gasteiger partial charge on any atom is -0.494 e. The van der Waals surface area contributed by atoms with Crippen molar-refractivity contribution >= 4 is 50.7 Å². The van der Waals surface area contributed by atoms with Crippen molar-refractivity contribution < 1.29 is 22.7 Å². The van der Waals surface area contributed by atoms with Gasteiger partial charge in [0.15, 0.2) is 0 Å². The lowest BCUT2D eigenvalue weighted by atomic mass is 10.0. The normalized spacial score (nSPS) is 11.9. The highest BCUT2D eigenvalue weighted by molar-refractivity contribution is 7.92. The van der Waals surface area contributed by atoms with Crippen molar-refractivity contribution in [1.29, 1.82) is 0 Å². The van der Waals surface area contributed by atoms with E-state index in [-0.39, 0.29) is 29.5 Å². The van der Waals surface area contributed by atoms with E-state index < -0.39 is 28.5 Å². The third-order valence-electron chi connectivity index (χ3n) is 7.53. The SMILES string of the molecule is CCCNC(=O)[C@H](Cc1ccccc1)N(Cc1c(Cl)cccc1Cl)C(=O)CN(c1ccc(OCC)cc1)S(=O)(=O)c1ccc(C)cc1. The molecule has 4 rings (SSSR count). The van der Waals surface area contributed by atoms with Gasteiger partial charge in [0.2, 0.25) is 11.8 Å². The molecule has 0 aliphatic carbocycles. The molecule has 4 aromatic rings. The lowest BCUT2D eigenvalue weighted by Gasteiger charge is -2.34. The lowest BCUT2D eigenvalue weighted by molar-refractivity contribution is -0.140. The largest absolute Gasteiger partial charge is 0.494 e. The molecule has 0 aliphatic rings. The van der Waals surface area contributed by atoms with E-state index in [1.54, 1.807) is 54.6 Å². The van der Waals surface area contributed by atoms with Crippen molar-refractivity contribution in [1.82, 2.24) is 10.2 Å². The van der Waals surface area contributed by atoms with E-state index in [0.29, 0.717) is 40.9 Å². The van der Waals surface area contributed by atoms with Gasteiger partial charge in [-0.15, -0.1) is 0 Å². The number of aryl methyl sites for hydroxylation is 1. The second-order valence-electron chi connectivity index (χ2n) is 11.0. The van der Waals surface area contributed by atoms with E-state index in [4.69, 9.17) is 27.9 Å². The van der Waals surface area contributed by atoms with E-state index in [0.717, 1.165) is 15.4 Å². The van der Waals surface area contributed by atoms with Gasteiger partial charge in [-0.25, -0.2) is 8.42 Å². The van der Waals surface area contributed by atoms with Gasteiger partial charge in [-0.1, -0.05) is 84.2 Å². The quantitative estimate of drug-likeness (QED) is 0.144. The summed E-state index contributed by atoms with van der Waals surface area (Å²) in [5.41, 5.74) is 2.41. The summed E-state index contributed by atoms with van der Waals surface area (Å²) < 4.78 is 35.1. The van der Waals surface area contributed by atoms with Gasteiger partial charge in [-0.3, -0.25) is 13.9 Å². The highest BCUT2D eigenvalue weighted by Gasteiger charge is 2.35. The van der Waals surface area contributed by atoms with Crippen LogP contribution in [0.5, 0.6) is 5.75 Å². The number of anilines is 1. The summed E-state index contributed by atoms with van der Waals surface area (Å²) in [6, 6.07) is 26.2. The van der Waals surface area contributed by atoms with Crippen LogP contribution in [-0.4, -0.2) is 50.9 Å². The minimum absolute atomic E-state index is 0.0204. The second kappa shape index (κ2) is 16.7.